The highest BCUT2D eigenvalue weighted by atomic mass is 35.5. The zero-order valence-electron chi connectivity index (χ0n) is 13.9. The van der Waals surface area contributed by atoms with Gasteiger partial charge in [0.05, 0.1) is 24.7 Å². The molecule has 1 aliphatic heterocycles. The van der Waals surface area contributed by atoms with Crippen molar-refractivity contribution in [3.63, 3.8) is 0 Å². The van der Waals surface area contributed by atoms with Gasteiger partial charge in [-0.25, -0.2) is 8.42 Å². The molecule has 1 unspecified atom stereocenters. The van der Waals surface area contributed by atoms with E-state index in [9.17, 15) is 18.0 Å². The van der Waals surface area contributed by atoms with Crippen LogP contribution in [0.15, 0.2) is 29.2 Å². The molecule has 1 saturated heterocycles. The van der Waals surface area contributed by atoms with Crippen LogP contribution in [0.5, 0.6) is 0 Å². The number of hydrogen-bond donors (Lipinski definition) is 3. The van der Waals surface area contributed by atoms with E-state index in [1.807, 2.05) is 0 Å². The van der Waals surface area contributed by atoms with Crippen LogP contribution in [-0.4, -0.2) is 68.7 Å². The van der Waals surface area contributed by atoms with E-state index in [-0.39, 0.29) is 31.1 Å². The summed E-state index contributed by atoms with van der Waals surface area (Å²) in [5.41, 5.74) is 0. The third kappa shape index (κ3) is 5.15. The average molecular weight is 406 g/mol. The molecular formula is C15H20ClN3O6S. The van der Waals surface area contributed by atoms with Crippen LogP contribution >= 0.6 is 11.6 Å². The van der Waals surface area contributed by atoms with E-state index in [4.69, 9.17) is 21.4 Å². The number of nitrogens with one attached hydrogen (secondary N) is 2. The van der Waals surface area contributed by atoms with E-state index in [0.717, 1.165) is 4.31 Å². The van der Waals surface area contributed by atoms with Crippen LogP contribution in [0.3, 0.4) is 0 Å². The highest BCUT2D eigenvalue weighted by Gasteiger charge is 2.34. The van der Waals surface area contributed by atoms with Crippen molar-refractivity contribution in [2.75, 3.05) is 32.8 Å². The van der Waals surface area contributed by atoms with Crippen LogP contribution in [0.2, 0.25) is 5.02 Å². The molecule has 11 heteroatoms. The molecule has 0 aromatic heterocycles. The number of amides is 2. The SMILES string of the molecule is O=C(NCCO)C(=O)NCC1OCCCN1S(=O)(=O)c1ccc(Cl)cc1. The number of sulfonamides is 1. The van der Waals surface area contributed by atoms with Crippen molar-refractivity contribution in [3.8, 4) is 0 Å². The molecule has 2 rings (SSSR count). The number of rotatable bonds is 6. The molecule has 26 heavy (non-hydrogen) atoms. The van der Waals surface area contributed by atoms with Crippen molar-refractivity contribution in [1.82, 2.24) is 14.9 Å². The lowest BCUT2D eigenvalue weighted by Gasteiger charge is -2.34. The highest BCUT2D eigenvalue weighted by molar-refractivity contribution is 7.89. The van der Waals surface area contributed by atoms with E-state index >= 15 is 0 Å². The highest BCUT2D eigenvalue weighted by Crippen LogP contribution is 2.23. The second-order valence-electron chi connectivity index (χ2n) is 5.44. The van der Waals surface area contributed by atoms with Crippen LogP contribution in [0.4, 0.5) is 0 Å². The van der Waals surface area contributed by atoms with Gasteiger partial charge in [0, 0.05) is 18.1 Å². The molecule has 9 nitrogen and oxygen atoms in total. The number of ether oxygens (including phenoxy) is 1. The third-order valence-corrected chi connectivity index (χ3v) is 5.77. The Hall–Kier alpha value is -1.72. The van der Waals surface area contributed by atoms with E-state index in [0.29, 0.717) is 18.1 Å². The summed E-state index contributed by atoms with van der Waals surface area (Å²) in [5.74, 6) is -1.85. The van der Waals surface area contributed by atoms with Gasteiger partial charge in [-0.05, 0) is 30.7 Å². The van der Waals surface area contributed by atoms with Gasteiger partial charge in [0.25, 0.3) is 0 Å². The fourth-order valence-electron chi connectivity index (χ4n) is 2.35. The zero-order valence-corrected chi connectivity index (χ0v) is 15.4. The molecule has 1 heterocycles. The van der Waals surface area contributed by atoms with Crippen LogP contribution in [0, 0.1) is 0 Å². The van der Waals surface area contributed by atoms with Gasteiger partial charge < -0.3 is 20.5 Å². The van der Waals surface area contributed by atoms with Crippen LogP contribution in [-0.2, 0) is 24.3 Å². The topological polar surface area (TPSA) is 125 Å². The largest absolute Gasteiger partial charge is 0.395 e. The molecule has 1 aromatic rings. The quantitative estimate of drug-likeness (QED) is 0.537. The van der Waals surface area contributed by atoms with Crippen molar-refractivity contribution >= 4 is 33.4 Å². The van der Waals surface area contributed by atoms with Gasteiger partial charge in [0.15, 0.2) is 0 Å². The Morgan fingerprint density at radius 1 is 1.23 bits per heavy atom. The number of carbonyl (C=O) groups excluding carboxylic acids is 2. The fourth-order valence-corrected chi connectivity index (χ4v) is 4.05. The van der Waals surface area contributed by atoms with Gasteiger partial charge in [0.2, 0.25) is 10.0 Å². The molecule has 0 radical (unpaired) electrons. The minimum Gasteiger partial charge on any atom is -0.395 e. The predicted molar refractivity (Wildman–Crippen MR) is 92.8 cm³/mol. The summed E-state index contributed by atoms with van der Waals surface area (Å²) in [6, 6.07) is 5.73. The number of hydrogen-bond acceptors (Lipinski definition) is 6. The Bertz CT molecular complexity index is 740. The lowest BCUT2D eigenvalue weighted by Crippen LogP contribution is -2.53. The monoisotopic (exact) mass is 405 g/mol. The van der Waals surface area contributed by atoms with Gasteiger partial charge in [-0.2, -0.15) is 4.31 Å². The van der Waals surface area contributed by atoms with Crippen molar-refractivity contribution in [1.29, 1.82) is 0 Å². The number of aliphatic hydroxyl groups is 1. The number of aliphatic hydroxyl groups excluding tert-OH is 1. The molecule has 1 fully saturated rings. The molecule has 0 spiro atoms. The summed E-state index contributed by atoms with van der Waals surface area (Å²) < 4.78 is 32.2. The van der Waals surface area contributed by atoms with Crippen molar-refractivity contribution in [2.24, 2.45) is 0 Å². The first-order valence-electron chi connectivity index (χ1n) is 7.92. The first-order chi connectivity index (χ1) is 12.4. The zero-order chi connectivity index (χ0) is 19.2. The first kappa shape index (κ1) is 20.6. The molecule has 0 bridgehead atoms. The lowest BCUT2D eigenvalue weighted by molar-refractivity contribution is -0.140. The molecule has 0 aliphatic carbocycles. The average Bonchev–Trinajstić information content (AvgIpc) is 2.64. The molecule has 0 saturated carbocycles. The van der Waals surface area contributed by atoms with Crippen molar-refractivity contribution in [2.45, 2.75) is 17.5 Å². The van der Waals surface area contributed by atoms with E-state index in [2.05, 4.69) is 10.6 Å². The standard InChI is InChI=1S/C15H20ClN3O6S/c16-11-2-4-12(5-3-11)26(23,24)19-7-1-9-25-13(19)10-18-15(22)14(21)17-6-8-20/h2-5,13,20H,1,6-10H2,(H,17,21)(H,18,22). The van der Waals surface area contributed by atoms with Gasteiger partial charge in [-0.3, -0.25) is 9.59 Å². The van der Waals surface area contributed by atoms with E-state index in [1.54, 1.807) is 0 Å². The number of benzene rings is 1. The summed E-state index contributed by atoms with van der Waals surface area (Å²) >= 11 is 5.79. The summed E-state index contributed by atoms with van der Waals surface area (Å²) in [6.07, 6.45) is -0.423. The van der Waals surface area contributed by atoms with Crippen molar-refractivity contribution < 1.29 is 27.9 Å². The van der Waals surface area contributed by atoms with E-state index in [1.165, 1.54) is 24.3 Å². The Balaban J connectivity index is 2.06. The number of halogens is 1. The molecule has 3 N–H and O–H groups in total. The minimum atomic E-state index is -3.85. The maximum Gasteiger partial charge on any atom is 0.309 e. The maximum atomic E-state index is 12.8. The fraction of sp³-hybridized carbons (Fsp3) is 0.467. The van der Waals surface area contributed by atoms with Gasteiger partial charge in [0.1, 0.15) is 6.23 Å². The van der Waals surface area contributed by atoms with Crippen LogP contribution in [0.25, 0.3) is 0 Å². The van der Waals surface area contributed by atoms with Gasteiger partial charge in [-0.15, -0.1) is 0 Å². The molecule has 1 aromatic carbocycles. The Labute approximate surface area is 156 Å². The maximum absolute atomic E-state index is 12.8. The van der Waals surface area contributed by atoms with Crippen molar-refractivity contribution in [3.05, 3.63) is 29.3 Å². The minimum absolute atomic E-state index is 0.0523. The number of carbonyl (C=O) groups is 2. The van der Waals surface area contributed by atoms with E-state index < -0.39 is 28.1 Å². The molecule has 1 atom stereocenters. The second kappa shape index (κ2) is 9.28. The number of nitrogens with zero attached hydrogens (tertiary/aromatic N) is 1. The summed E-state index contributed by atoms with van der Waals surface area (Å²) in [6.45, 7) is 0.0331. The second-order valence-corrected chi connectivity index (χ2v) is 7.77. The van der Waals surface area contributed by atoms with Gasteiger partial charge in [-0.1, -0.05) is 11.6 Å². The smallest absolute Gasteiger partial charge is 0.309 e. The Morgan fingerprint density at radius 3 is 2.54 bits per heavy atom. The first-order valence-corrected chi connectivity index (χ1v) is 9.74. The molecule has 144 valence electrons. The molecular weight excluding hydrogens is 386 g/mol. The Kier molecular flexibility index (Phi) is 7.35. The molecule has 2 amide bonds. The predicted octanol–water partition coefficient (Wildman–Crippen LogP) is -0.698. The molecule has 1 aliphatic rings. The van der Waals surface area contributed by atoms with Gasteiger partial charge >= 0.3 is 11.8 Å². The lowest BCUT2D eigenvalue weighted by atomic mass is 10.3. The van der Waals surface area contributed by atoms with Crippen LogP contribution < -0.4 is 10.6 Å². The van der Waals surface area contributed by atoms with Crippen LogP contribution in [0.1, 0.15) is 6.42 Å². The summed E-state index contributed by atoms with van der Waals surface area (Å²) in [5, 5.41) is 13.6. The Morgan fingerprint density at radius 2 is 1.88 bits per heavy atom. The summed E-state index contributed by atoms with van der Waals surface area (Å²) in [4.78, 5) is 23.3. The summed E-state index contributed by atoms with van der Waals surface area (Å²) in [7, 11) is -3.85. The normalized spacial score (nSPS) is 18.3. The third-order valence-electron chi connectivity index (χ3n) is 3.62.